The molecule has 0 atom stereocenters. The molecule has 1 aromatic heterocycles. The molecule has 0 N–H and O–H groups in total. The Morgan fingerprint density at radius 2 is 1.85 bits per heavy atom. The molecular formula is C15H17N3O2. The van der Waals surface area contributed by atoms with Gasteiger partial charge in [-0.2, -0.15) is 0 Å². The highest BCUT2D eigenvalue weighted by Gasteiger charge is 2.18. The van der Waals surface area contributed by atoms with Crippen LogP contribution in [0.2, 0.25) is 0 Å². The number of terminal acetylenes is 1. The van der Waals surface area contributed by atoms with Crippen LogP contribution in [0, 0.1) is 12.3 Å². The summed E-state index contributed by atoms with van der Waals surface area (Å²) >= 11 is 0. The van der Waals surface area contributed by atoms with Crippen molar-refractivity contribution in [1.29, 1.82) is 0 Å². The van der Waals surface area contributed by atoms with Gasteiger partial charge in [-0.1, -0.05) is 18.1 Å². The van der Waals surface area contributed by atoms with E-state index in [0.717, 1.165) is 31.7 Å². The molecule has 0 aliphatic carbocycles. The van der Waals surface area contributed by atoms with Crippen molar-refractivity contribution in [3.63, 3.8) is 0 Å². The number of nitrogens with zero attached hydrogens (tertiary/aromatic N) is 3. The van der Waals surface area contributed by atoms with Gasteiger partial charge in [0, 0.05) is 26.2 Å². The fraction of sp³-hybridized carbons (Fsp3) is 0.400. The average Bonchev–Trinajstić information content (AvgIpc) is 2.78. The van der Waals surface area contributed by atoms with Gasteiger partial charge in [-0.3, -0.25) is 14.4 Å². The highest BCUT2D eigenvalue weighted by molar-refractivity contribution is 5.72. The fourth-order valence-corrected chi connectivity index (χ4v) is 2.57. The third-order valence-corrected chi connectivity index (χ3v) is 3.69. The van der Waals surface area contributed by atoms with Gasteiger partial charge in [0.25, 0.3) is 0 Å². The van der Waals surface area contributed by atoms with Crippen LogP contribution in [0.3, 0.4) is 0 Å². The van der Waals surface area contributed by atoms with Crippen molar-refractivity contribution in [2.45, 2.75) is 6.67 Å². The topological polar surface area (TPSA) is 41.6 Å². The van der Waals surface area contributed by atoms with Gasteiger partial charge >= 0.3 is 5.76 Å². The summed E-state index contributed by atoms with van der Waals surface area (Å²) in [6, 6.07) is 7.51. The maximum absolute atomic E-state index is 11.9. The Hall–Kier alpha value is -2.03. The van der Waals surface area contributed by atoms with Crippen molar-refractivity contribution in [3.05, 3.63) is 34.8 Å². The number of hydrogen-bond acceptors (Lipinski definition) is 4. The molecule has 1 saturated heterocycles. The van der Waals surface area contributed by atoms with E-state index in [4.69, 9.17) is 10.8 Å². The molecule has 5 heteroatoms. The van der Waals surface area contributed by atoms with Crippen LogP contribution < -0.4 is 5.76 Å². The maximum atomic E-state index is 11.9. The molecule has 0 amide bonds. The van der Waals surface area contributed by atoms with Crippen LogP contribution in [-0.4, -0.2) is 47.1 Å². The minimum atomic E-state index is -0.294. The molecule has 5 nitrogen and oxygen atoms in total. The summed E-state index contributed by atoms with van der Waals surface area (Å²) < 4.78 is 6.93. The van der Waals surface area contributed by atoms with Gasteiger partial charge in [0.15, 0.2) is 5.58 Å². The van der Waals surface area contributed by atoms with E-state index in [1.807, 2.05) is 24.3 Å². The number of para-hydroxylation sites is 2. The Bertz CT molecular complexity index is 687. The number of oxazole rings is 1. The van der Waals surface area contributed by atoms with E-state index < -0.39 is 0 Å². The first-order chi connectivity index (χ1) is 9.78. The van der Waals surface area contributed by atoms with Crippen LogP contribution in [0.5, 0.6) is 0 Å². The predicted molar refractivity (Wildman–Crippen MR) is 77.3 cm³/mol. The van der Waals surface area contributed by atoms with Crippen LogP contribution in [0.4, 0.5) is 0 Å². The van der Waals surface area contributed by atoms with Crippen molar-refractivity contribution in [3.8, 4) is 12.3 Å². The zero-order valence-corrected chi connectivity index (χ0v) is 11.3. The fourth-order valence-electron chi connectivity index (χ4n) is 2.57. The molecule has 0 radical (unpaired) electrons. The Morgan fingerprint density at radius 3 is 2.60 bits per heavy atom. The van der Waals surface area contributed by atoms with Crippen LogP contribution in [0.25, 0.3) is 11.1 Å². The van der Waals surface area contributed by atoms with E-state index in [1.165, 1.54) is 0 Å². The zero-order chi connectivity index (χ0) is 13.9. The Morgan fingerprint density at radius 1 is 1.15 bits per heavy atom. The molecule has 0 saturated carbocycles. The third-order valence-electron chi connectivity index (χ3n) is 3.69. The largest absolute Gasteiger partial charge is 0.421 e. The molecule has 104 valence electrons. The first-order valence-corrected chi connectivity index (χ1v) is 6.74. The number of hydrogen-bond donors (Lipinski definition) is 0. The lowest BCUT2D eigenvalue weighted by molar-refractivity contribution is 0.115. The van der Waals surface area contributed by atoms with Gasteiger partial charge in [0.05, 0.1) is 18.7 Å². The number of benzene rings is 1. The summed E-state index contributed by atoms with van der Waals surface area (Å²) in [5.41, 5.74) is 1.49. The Labute approximate surface area is 117 Å². The van der Waals surface area contributed by atoms with Gasteiger partial charge in [-0.05, 0) is 12.1 Å². The summed E-state index contributed by atoms with van der Waals surface area (Å²) in [4.78, 5) is 16.4. The van der Waals surface area contributed by atoms with Crippen molar-refractivity contribution in [1.82, 2.24) is 14.4 Å². The molecule has 1 aromatic carbocycles. The van der Waals surface area contributed by atoms with Crippen LogP contribution in [-0.2, 0) is 6.67 Å². The smallest absolute Gasteiger partial charge is 0.408 e. The molecular weight excluding hydrogens is 254 g/mol. The first kappa shape index (κ1) is 13.0. The van der Waals surface area contributed by atoms with Crippen LogP contribution in [0.15, 0.2) is 33.5 Å². The summed E-state index contributed by atoms with van der Waals surface area (Å²) in [5.74, 6) is 2.37. The normalized spacial score (nSPS) is 17.4. The average molecular weight is 271 g/mol. The molecule has 0 bridgehead atoms. The lowest BCUT2D eigenvalue weighted by Crippen LogP contribution is -2.47. The summed E-state index contributed by atoms with van der Waals surface area (Å²) in [6.07, 6.45) is 5.32. The van der Waals surface area contributed by atoms with Crippen molar-refractivity contribution < 1.29 is 4.42 Å². The minimum Gasteiger partial charge on any atom is -0.408 e. The van der Waals surface area contributed by atoms with Gasteiger partial charge in [-0.15, -0.1) is 6.42 Å². The van der Waals surface area contributed by atoms with Crippen molar-refractivity contribution in [2.75, 3.05) is 32.7 Å². The summed E-state index contributed by atoms with van der Waals surface area (Å²) in [7, 11) is 0. The molecule has 0 unspecified atom stereocenters. The minimum absolute atomic E-state index is 0.294. The van der Waals surface area contributed by atoms with E-state index in [-0.39, 0.29) is 5.76 Å². The van der Waals surface area contributed by atoms with E-state index in [0.29, 0.717) is 18.8 Å². The lowest BCUT2D eigenvalue weighted by Gasteiger charge is -2.33. The number of fused-ring (bicyclic) bond motifs is 1. The highest BCUT2D eigenvalue weighted by Crippen LogP contribution is 2.13. The van der Waals surface area contributed by atoms with Gasteiger partial charge in [-0.25, -0.2) is 4.79 Å². The van der Waals surface area contributed by atoms with Crippen LogP contribution in [0.1, 0.15) is 0 Å². The molecule has 2 heterocycles. The number of piperazine rings is 1. The molecule has 2 aromatic rings. The highest BCUT2D eigenvalue weighted by atomic mass is 16.4. The third kappa shape index (κ3) is 2.48. The Kier molecular flexibility index (Phi) is 3.59. The van der Waals surface area contributed by atoms with Crippen molar-refractivity contribution in [2.24, 2.45) is 0 Å². The summed E-state index contributed by atoms with van der Waals surface area (Å²) in [6.45, 7) is 4.97. The maximum Gasteiger partial charge on any atom is 0.421 e. The van der Waals surface area contributed by atoms with E-state index in [1.54, 1.807) is 4.57 Å². The monoisotopic (exact) mass is 271 g/mol. The van der Waals surface area contributed by atoms with Gasteiger partial charge in [0.2, 0.25) is 0 Å². The number of rotatable bonds is 3. The molecule has 1 aliphatic heterocycles. The second-order valence-electron chi connectivity index (χ2n) is 5.00. The molecule has 20 heavy (non-hydrogen) atoms. The molecule has 3 rings (SSSR count). The Balaban J connectivity index is 1.73. The standard InChI is InChI=1S/C15H17N3O2/c1-2-7-16-8-10-17(11-9-16)12-18-13-5-3-4-6-14(13)20-15(18)19/h1,3-6H,7-12H2. The van der Waals surface area contributed by atoms with Crippen LogP contribution >= 0.6 is 0 Å². The van der Waals surface area contributed by atoms with Gasteiger partial charge in [0.1, 0.15) is 0 Å². The van der Waals surface area contributed by atoms with Gasteiger partial charge < -0.3 is 4.42 Å². The predicted octanol–water partition coefficient (Wildman–Crippen LogP) is 0.803. The van der Waals surface area contributed by atoms with E-state index in [2.05, 4.69) is 15.7 Å². The second-order valence-corrected chi connectivity index (χ2v) is 5.00. The van der Waals surface area contributed by atoms with E-state index >= 15 is 0 Å². The first-order valence-electron chi connectivity index (χ1n) is 6.74. The van der Waals surface area contributed by atoms with E-state index in [9.17, 15) is 4.79 Å². The zero-order valence-electron chi connectivity index (χ0n) is 11.3. The molecule has 1 fully saturated rings. The number of aromatic nitrogens is 1. The van der Waals surface area contributed by atoms with Crippen molar-refractivity contribution >= 4 is 11.1 Å². The molecule has 0 spiro atoms. The summed E-state index contributed by atoms with van der Waals surface area (Å²) in [5, 5.41) is 0. The lowest BCUT2D eigenvalue weighted by atomic mass is 10.3. The second kappa shape index (κ2) is 5.53. The SMILES string of the molecule is C#CCN1CCN(Cn2c(=O)oc3ccccc32)CC1. The quantitative estimate of drug-likeness (QED) is 0.775. The molecule has 1 aliphatic rings.